The molecule has 0 aliphatic rings. The summed E-state index contributed by atoms with van der Waals surface area (Å²) in [6, 6.07) is 6.79. The van der Waals surface area contributed by atoms with E-state index in [1.165, 1.54) is 0 Å². The molecule has 1 N–H and O–H groups in total. The van der Waals surface area contributed by atoms with Gasteiger partial charge in [-0.25, -0.2) is 4.98 Å². The number of rotatable bonds is 2. The molecular formula is C12H10ClN3O. The Morgan fingerprint density at radius 1 is 1.29 bits per heavy atom. The summed E-state index contributed by atoms with van der Waals surface area (Å²) in [6.07, 6.45) is 3.21. The van der Waals surface area contributed by atoms with Gasteiger partial charge in [0.25, 0.3) is 5.91 Å². The van der Waals surface area contributed by atoms with E-state index in [2.05, 4.69) is 15.3 Å². The standard InChI is InChI=1S/C12H10ClN3O/c1-8-6-10(16-11(13)7-8)12(17)15-9-2-4-14-5-3-9/h2-7H,1H3,(H,14,15,17). The lowest BCUT2D eigenvalue weighted by Crippen LogP contribution is -2.13. The van der Waals surface area contributed by atoms with E-state index in [-0.39, 0.29) is 5.91 Å². The summed E-state index contributed by atoms with van der Waals surface area (Å²) >= 11 is 5.80. The first-order valence-corrected chi connectivity index (χ1v) is 5.38. The van der Waals surface area contributed by atoms with Gasteiger partial charge in [0.05, 0.1) is 0 Å². The maximum atomic E-state index is 11.9. The summed E-state index contributed by atoms with van der Waals surface area (Å²) in [5.41, 5.74) is 1.86. The Balaban J connectivity index is 2.20. The van der Waals surface area contributed by atoms with Crippen LogP contribution in [-0.2, 0) is 0 Å². The third kappa shape index (κ3) is 3.01. The van der Waals surface area contributed by atoms with Crippen molar-refractivity contribution in [2.75, 3.05) is 5.32 Å². The van der Waals surface area contributed by atoms with Crippen LogP contribution in [0.25, 0.3) is 0 Å². The van der Waals surface area contributed by atoms with Crippen LogP contribution in [-0.4, -0.2) is 15.9 Å². The number of carbonyl (C=O) groups is 1. The number of nitrogens with one attached hydrogen (secondary N) is 1. The number of nitrogens with zero attached hydrogens (tertiary/aromatic N) is 2. The number of hydrogen-bond donors (Lipinski definition) is 1. The molecule has 2 aromatic rings. The first-order chi connectivity index (χ1) is 8.15. The average Bonchev–Trinajstić information content (AvgIpc) is 2.29. The molecular weight excluding hydrogens is 238 g/mol. The highest BCUT2D eigenvalue weighted by Gasteiger charge is 2.09. The van der Waals surface area contributed by atoms with Gasteiger partial charge in [-0.1, -0.05) is 11.6 Å². The number of aromatic nitrogens is 2. The molecule has 0 bridgehead atoms. The maximum absolute atomic E-state index is 11.9. The van der Waals surface area contributed by atoms with E-state index in [1.54, 1.807) is 36.7 Å². The van der Waals surface area contributed by atoms with Gasteiger partial charge in [-0.05, 0) is 36.8 Å². The number of amides is 1. The molecule has 2 aromatic heterocycles. The van der Waals surface area contributed by atoms with Crippen molar-refractivity contribution in [2.24, 2.45) is 0 Å². The van der Waals surface area contributed by atoms with E-state index in [4.69, 9.17) is 11.6 Å². The van der Waals surface area contributed by atoms with Crippen molar-refractivity contribution < 1.29 is 4.79 Å². The molecule has 0 radical (unpaired) electrons. The number of carbonyl (C=O) groups excluding carboxylic acids is 1. The van der Waals surface area contributed by atoms with Crippen molar-refractivity contribution in [3.63, 3.8) is 0 Å². The number of hydrogen-bond acceptors (Lipinski definition) is 3. The number of pyridine rings is 2. The predicted molar refractivity (Wildman–Crippen MR) is 66.2 cm³/mol. The summed E-state index contributed by atoms with van der Waals surface area (Å²) in [7, 11) is 0. The van der Waals surface area contributed by atoms with Gasteiger partial charge in [-0.15, -0.1) is 0 Å². The SMILES string of the molecule is Cc1cc(Cl)nc(C(=O)Nc2ccncc2)c1. The van der Waals surface area contributed by atoms with Gasteiger partial charge in [-0.2, -0.15) is 0 Å². The van der Waals surface area contributed by atoms with E-state index in [9.17, 15) is 4.79 Å². The maximum Gasteiger partial charge on any atom is 0.274 e. The molecule has 0 unspecified atom stereocenters. The Morgan fingerprint density at radius 2 is 2.00 bits per heavy atom. The van der Waals surface area contributed by atoms with E-state index < -0.39 is 0 Å². The van der Waals surface area contributed by atoms with Crippen molar-refractivity contribution in [1.29, 1.82) is 0 Å². The highest BCUT2D eigenvalue weighted by molar-refractivity contribution is 6.29. The highest BCUT2D eigenvalue weighted by Crippen LogP contribution is 2.12. The molecule has 0 saturated heterocycles. The molecule has 0 aromatic carbocycles. The number of anilines is 1. The first-order valence-electron chi connectivity index (χ1n) is 5.01. The number of halogens is 1. The van der Waals surface area contributed by atoms with Gasteiger partial charge in [-0.3, -0.25) is 9.78 Å². The lowest BCUT2D eigenvalue weighted by atomic mass is 10.2. The molecule has 0 atom stereocenters. The normalized spacial score (nSPS) is 10.0. The fourth-order valence-corrected chi connectivity index (χ4v) is 1.63. The molecule has 17 heavy (non-hydrogen) atoms. The average molecular weight is 248 g/mol. The molecule has 0 saturated carbocycles. The van der Waals surface area contributed by atoms with Crippen LogP contribution < -0.4 is 5.32 Å². The fraction of sp³-hybridized carbons (Fsp3) is 0.0833. The molecule has 2 heterocycles. The third-order valence-electron chi connectivity index (χ3n) is 2.11. The van der Waals surface area contributed by atoms with Crippen LogP contribution in [0.5, 0.6) is 0 Å². The summed E-state index contributed by atoms with van der Waals surface area (Å²) < 4.78 is 0. The van der Waals surface area contributed by atoms with Crippen molar-refractivity contribution in [3.05, 3.63) is 53.1 Å². The largest absolute Gasteiger partial charge is 0.321 e. The lowest BCUT2D eigenvalue weighted by molar-refractivity contribution is 0.102. The minimum absolute atomic E-state index is 0.290. The lowest BCUT2D eigenvalue weighted by Gasteiger charge is -2.05. The molecule has 4 nitrogen and oxygen atoms in total. The Morgan fingerprint density at radius 3 is 2.65 bits per heavy atom. The van der Waals surface area contributed by atoms with E-state index >= 15 is 0 Å². The minimum Gasteiger partial charge on any atom is -0.321 e. The number of aryl methyl sites for hydroxylation is 1. The van der Waals surface area contributed by atoms with Gasteiger partial charge in [0.15, 0.2) is 0 Å². The van der Waals surface area contributed by atoms with E-state index in [0.29, 0.717) is 16.5 Å². The van der Waals surface area contributed by atoms with Gasteiger partial charge < -0.3 is 5.32 Å². The molecule has 0 aliphatic carbocycles. The topological polar surface area (TPSA) is 54.9 Å². The Labute approximate surface area is 104 Å². The second kappa shape index (κ2) is 4.93. The van der Waals surface area contributed by atoms with Crippen LogP contribution in [0, 0.1) is 6.92 Å². The van der Waals surface area contributed by atoms with Crippen molar-refractivity contribution in [2.45, 2.75) is 6.92 Å². The van der Waals surface area contributed by atoms with Crippen LogP contribution in [0.2, 0.25) is 5.15 Å². The second-order valence-corrected chi connectivity index (χ2v) is 3.93. The van der Waals surface area contributed by atoms with E-state index in [1.807, 2.05) is 6.92 Å². The third-order valence-corrected chi connectivity index (χ3v) is 2.30. The smallest absolute Gasteiger partial charge is 0.274 e. The molecule has 1 amide bonds. The molecule has 0 spiro atoms. The zero-order chi connectivity index (χ0) is 12.3. The van der Waals surface area contributed by atoms with E-state index in [0.717, 1.165) is 5.56 Å². The quantitative estimate of drug-likeness (QED) is 0.830. The predicted octanol–water partition coefficient (Wildman–Crippen LogP) is 2.69. The molecule has 0 fully saturated rings. The minimum atomic E-state index is -0.290. The second-order valence-electron chi connectivity index (χ2n) is 3.54. The summed E-state index contributed by atoms with van der Waals surface area (Å²) in [5.74, 6) is -0.290. The van der Waals surface area contributed by atoms with Crippen molar-refractivity contribution in [3.8, 4) is 0 Å². The Kier molecular flexibility index (Phi) is 3.35. The zero-order valence-corrected chi connectivity index (χ0v) is 9.90. The first kappa shape index (κ1) is 11.5. The van der Waals surface area contributed by atoms with Crippen LogP contribution >= 0.6 is 11.6 Å². The highest BCUT2D eigenvalue weighted by atomic mass is 35.5. The Hall–Kier alpha value is -1.94. The Bertz CT molecular complexity index is 522. The molecule has 0 aliphatic heterocycles. The fourth-order valence-electron chi connectivity index (χ4n) is 1.37. The van der Waals surface area contributed by atoms with Crippen LogP contribution in [0.4, 0.5) is 5.69 Å². The zero-order valence-electron chi connectivity index (χ0n) is 9.14. The van der Waals surface area contributed by atoms with Crippen LogP contribution in [0.3, 0.4) is 0 Å². The van der Waals surface area contributed by atoms with Crippen LogP contribution in [0.15, 0.2) is 36.7 Å². The van der Waals surface area contributed by atoms with Gasteiger partial charge in [0.1, 0.15) is 10.8 Å². The van der Waals surface area contributed by atoms with Crippen molar-refractivity contribution >= 4 is 23.2 Å². The monoisotopic (exact) mass is 247 g/mol. The van der Waals surface area contributed by atoms with Gasteiger partial charge >= 0.3 is 0 Å². The summed E-state index contributed by atoms with van der Waals surface area (Å²) in [4.78, 5) is 19.7. The molecule has 2 rings (SSSR count). The van der Waals surface area contributed by atoms with Gasteiger partial charge in [0.2, 0.25) is 0 Å². The summed E-state index contributed by atoms with van der Waals surface area (Å²) in [6.45, 7) is 1.86. The summed E-state index contributed by atoms with van der Waals surface area (Å²) in [5, 5.41) is 3.02. The van der Waals surface area contributed by atoms with Gasteiger partial charge in [0, 0.05) is 18.1 Å². The van der Waals surface area contributed by atoms with Crippen molar-refractivity contribution in [1.82, 2.24) is 9.97 Å². The molecule has 5 heteroatoms. The molecule has 86 valence electrons. The van der Waals surface area contributed by atoms with Crippen LogP contribution in [0.1, 0.15) is 16.1 Å².